The molecule has 12 heteroatoms. The molecule has 0 N–H and O–H groups in total. The predicted molar refractivity (Wildman–Crippen MR) is 211 cm³/mol. The second-order valence-corrected chi connectivity index (χ2v) is 18.2. The first-order valence-electron chi connectivity index (χ1n) is 18.2. The van der Waals surface area contributed by atoms with Gasteiger partial charge in [-0.05, 0) is 25.7 Å². The molecular weight excluding hydrogens is 691 g/mol. The third-order valence-corrected chi connectivity index (χ3v) is 13.5. The van der Waals surface area contributed by atoms with E-state index < -0.39 is 0 Å². The van der Waals surface area contributed by atoms with E-state index in [1.165, 1.54) is 92.1 Å². The van der Waals surface area contributed by atoms with Gasteiger partial charge in [-0.15, -0.1) is 0 Å². The van der Waals surface area contributed by atoms with Gasteiger partial charge < -0.3 is 14.4 Å². The van der Waals surface area contributed by atoms with Crippen molar-refractivity contribution in [3.05, 3.63) is 0 Å². The van der Waals surface area contributed by atoms with Crippen molar-refractivity contribution in [3.63, 3.8) is 0 Å². The zero-order chi connectivity index (χ0) is 34.6. The highest BCUT2D eigenvalue weighted by atomic mass is 33.1. The average Bonchev–Trinajstić information content (AvgIpc) is 3.07. The van der Waals surface area contributed by atoms with Gasteiger partial charge in [-0.2, -0.15) is 0 Å². The number of carbonyl (C=O) groups is 4. The van der Waals surface area contributed by atoms with E-state index in [2.05, 4.69) is 13.8 Å². The summed E-state index contributed by atoms with van der Waals surface area (Å²) in [5.74, 6) is 4.16. The van der Waals surface area contributed by atoms with Crippen molar-refractivity contribution in [2.75, 3.05) is 55.1 Å². The SMILES string of the molecule is CCSSCCCCCCCCCCC(=O)OCCN(CCOC(=O)CCCCCCCCCCSSCC)C(=O)CSC(=O)CC. The molecule has 1 amide bonds. The van der Waals surface area contributed by atoms with E-state index in [4.69, 9.17) is 9.47 Å². The van der Waals surface area contributed by atoms with E-state index >= 15 is 0 Å². The molecule has 0 aliphatic heterocycles. The molecule has 0 aliphatic rings. The maximum Gasteiger partial charge on any atom is 0.305 e. The molecule has 0 unspecified atom stereocenters. The molecular formula is C35H65NO6S5. The Morgan fingerprint density at radius 1 is 0.511 bits per heavy atom. The summed E-state index contributed by atoms with van der Waals surface area (Å²) in [5.41, 5.74) is 0. The summed E-state index contributed by atoms with van der Waals surface area (Å²) in [5, 5.41) is -0.0439. The lowest BCUT2D eigenvalue weighted by atomic mass is 10.1. The number of hydrogen-bond acceptors (Lipinski definition) is 11. The minimum Gasteiger partial charge on any atom is -0.464 e. The molecule has 0 atom stereocenters. The van der Waals surface area contributed by atoms with Crippen LogP contribution in [0.3, 0.4) is 0 Å². The van der Waals surface area contributed by atoms with Crippen LogP contribution in [-0.4, -0.2) is 82.9 Å². The fraction of sp³-hybridized carbons (Fsp3) is 0.886. The van der Waals surface area contributed by atoms with Gasteiger partial charge in [0, 0.05) is 42.3 Å². The molecule has 0 fully saturated rings. The van der Waals surface area contributed by atoms with Crippen LogP contribution in [0.25, 0.3) is 0 Å². The second kappa shape index (κ2) is 37.1. The molecule has 0 spiro atoms. The van der Waals surface area contributed by atoms with Crippen molar-refractivity contribution in [2.45, 2.75) is 143 Å². The Bertz CT molecular complexity index is 731. The average molecular weight is 756 g/mol. The van der Waals surface area contributed by atoms with Crippen LogP contribution in [0, 0.1) is 0 Å². The zero-order valence-electron chi connectivity index (χ0n) is 29.7. The van der Waals surface area contributed by atoms with E-state index in [1.54, 1.807) is 6.92 Å². The summed E-state index contributed by atoms with van der Waals surface area (Å²) in [6.07, 6.45) is 19.8. The summed E-state index contributed by atoms with van der Waals surface area (Å²) < 4.78 is 10.8. The van der Waals surface area contributed by atoms with Gasteiger partial charge in [-0.3, -0.25) is 19.2 Å². The molecule has 0 radical (unpaired) electrons. The smallest absolute Gasteiger partial charge is 0.305 e. The highest BCUT2D eigenvalue weighted by Gasteiger charge is 2.17. The summed E-state index contributed by atoms with van der Waals surface area (Å²) >= 11 is 0.994. The molecule has 276 valence electrons. The molecule has 0 aliphatic carbocycles. The zero-order valence-corrected chi connectivity index (χ0v) is 33.8. The lowest BCUT2D eigenvalue weighted by Gasteiger charge is -2.22. The van der Waals surface area contributed by atoms with E-state index in [-0.39, 0.29) is 55.0 Å². The van der Waals surface area contributed by atoms with Crippen LogP contribution in [0.5, 0.6) is 0 Å². The van der Waals surface area contributed by atoms with Crippen LogP contribution in [0.1, 0.15) is 143 Å². The number of nitrogens with zero attached hydrogens (tertiary/aromatic N) is 1. The monoisotopic (exact) mass is 755 g/mol. The number of amides is 1. The maximum atomic E-state index is 12.8. The molecule has 0 bridgehead atoms. The summed E-state index contributed by atoms with van der Waals surface area (Å²) in [4.78, 5) is 50.5. The Balaban J connectivity index is 4.09. The van der Waals surface area contributed by atoms with E-state index in [0.29, 0.717) is 19.3 Å². The van der Waals surface area contributed by atoms with Gasteiger partial charge in [0.1, 0.15) is 13.2 Å². The molecule has 47 heavy (non-hydrogen) atoms. The topological polar surface area (TPSA) is 90.0 Å². The van der Waals surface area contributed by atoms with Crippen LogP contribution in [0.15, 0.2) is 0 Å². The lowest BCUT2D eigenvalue weighted by molar-refractivity contribution is -0.147. The molecule has 0 rings (SSSR count). The fourth-order valence-corrected chi connectivity index (χ4v) is 8.95. The maximum absolute atomic E-state index is 12.8. The van der Waals surface area contributed by atoms with Crippen molar-refractivity contribution in [1.29, 1.82) is 0 Å². The third kappa shape index (κ3) is 34.1. The van der Waals surface area contributed by atoms with Crippen LogP contribution in [0.4, 0.5) is 0 Å². The van der Waals surface area contributed by atoms with Gasteiger partial charge in [0.25, 0.3) is 0 Å². The number of hydrogen-bond donors (Lipinski definition) is 0. The number of carbonyl (C=O) groups excluding carboxylic acids is 4. The number of thioether (sulfide) groups is 1. The second-order valence-electron chi connectivity index (χ2n) is 11.4. The first kappa shape index (κ1) is 46.8. The van der Waals surface area contributed by atoms with E-state index in [9.17, 15) is 19.2 Å². The van der Waals surface area contributed by atoms with Gasteiger partial charge in [0.05, 0.1) is 18.8 Å². The van der Waals surface area contributed by atoms with Crippen molar-refractivity contribution in [3.8, 4) is 0 Å². The van der Waals surface area contributed by atoms with E-state index in [1.807, 2.05) is 43.2 Å². The summed E-state index contributed by atoms with van der Waals surface area (Å²) in [6, 6.07) is 0. The number of esters is 2. The third-order valence-electron chi connectivity index (χ3n) is 7.37. The lowest BCUT2D eigenvalue weighted by Crippen LogP contribution is -2.38. The molecule has 0 aromatic rings. The molecule has 0 heterocycles. The predicted octanol–water partition coefficient (Wildman–Crippen LogP) is 10.4. The molecule has 7 nitrogen and oxygen atoms in total. The van der Waals surface area contributed by atoms with Gasteiger partial charge in [-0.1, -0.05) is 153 Å². The number of unbranched alkanes of at least 4 members (excludes halogenated alkanes) is 14. The minimum atomic E-state index is -0.248. The van der Waals surface area contributed by atoms with E-state index in [0.717, 1.165) is 50.3 Å². The van der Waals surface area contributed by atoms with Crippen molar-refractivity contribution in [1.82, 2.24) is 4.90 Å². The van der Waals surface area contributed by atoms with Crippen molar-refractivity contribution >= 4 is 77.9 Å². The Morgan fingerprint density at radius 2 is 0.894 bits per heavy atom. The number of ether oxygens (including phenoxy) is 2. The van der Waals surface area contributed by atoms with Gasteiger partial charge >= 0.3 is 11.9 Å². The summed E-state index contributed by atoms with van der Waals surface area (Å²) in [7, 11) is 7.83. The molecule has 0 aromatic heterocycles. The Morgan fingerprint density at radius 3 is 1.28 bits per heavy atom. The van der Waals surface area contributed by atoms with Crippen LogP contribution in [-0.2, 0) is 28.7 Å². The van der Waals surface area contributed by atoms with Gasteiger partial charge in [0.15, 0.2) is 5.12 Å². The molecule has 0 saturated carbocycles. The highest BCUT2D eigenvalue weighted by Crippen LogP contribution is 2.23. The van der Waals surface area contributed by atoms with Crippen molar-refractivity contribution < 1.29 is 28.7 Å². The van der Waals surface area contributed by atoms with Gasteiger partial charge in [0.2, 0.25) is 5.91 Å². The first-order chi connectivity index (χ1) is 22.9. The Hall–Kier alpha value is -0.170. The quantitative estimate of drug-likeness (QED) is 0.0352. The standard InChI is InChI=1S/C35H65NO6S5/c1-4-35(40)43-31-32(37)36(25-27-41-33(38)23-19-15-11-7-9-13-17-21-29-46-44-5-2)26-28-42-34(39)24-20-16-12-8-10-14-18-22-30-47-45-6-3/h4-31H2,1-3H3. The Labute approximate surface area is 307 Å². The van der Waals surface area contributed by atoms with Gasteiger partial charge in [-0.25, -0.2) is 0 Å². The molecule has 0 aromatic carbocycles. The molecule has 0 saturated heterocycles. The Kier molecular flexibility index (Phi) is 37.0. The number of rotatable bonds is 35. The van der Waals surface area contributed by atoms with Crippen LogP contribution >= 0.6 is 54.9 Å². The fourth-order valence-electron chi connectivity index (χ4n) is 4.65. The van der Waals surface area contributed by atoms with Crippen molar-refractivity contribution in [2.24, 2.45) is 0 Å². The van der Waals surface area contributed by atoms with Crippen LogP contribution < -0.4 is 0 Å². The van der Waals surface area contributed by atoms with Crippen LogP contribution in [0.2, 0.25) is 0 Å². The first-order valence-corrected chi connectivity index (χ1v) is 24.1. The normalized spacial score (nSPS) is 11.0. The summed E-state index contributed by atoms with van der Waals surface area (Å²) in [6.45, 7) is 6.77. The minimum absolute atomic E-state index is 0.0301. The largest absolute Gasteiger partial charge is 0.464 e. The highest BCUT2D eigenvalue weighted by molar-refractivity contribution is 8.77.